The lowest BCUT2D eigenvalue weighted by Gasteiger charge is -2.02. The van der Waals surface area contributed by atoms with E-state index in [1.54, 1.807) is 19.9 Å². The minimum atomic E-state index is -1.04. The number of ketones is 1. The number of nitriles is 1. The van der Waals surface area contributed by atoms with Crippen LogP contribution < -0.4 is 0 Å². The van der Waals surface area contributed by atoms with E-state index in [9.17, 15) is 4.79 Å². The summed E-state index contributed by atoms with van der Waals surface area (Å²) in [7, 11) is 0. The van der Waals surface area contributed by atoms with Gasteiger partial charge in [0.05, 0.1) is 5.41 Å². The fourth-order valence-corrected chi connectivity index (χ4v) is 2.03. The molecule has 1 aliphatic carbocycles. The lowest BCUT2D eigenvalue weighted by Crippen LogP contribution is -2.16. The standard InChI is InChI=1S/C7H7Cl2NO/c1-4-6(2,5(11)3-10)7(4,8)9/h4H,1-2H3. The Hall–Kier alpha value is -0.260. The number of carbonyl (C=O) groups is 1. The second-order valence-corrected chi connectivity index (χ2v) is 4.37. The smallest absolute Gasteiger partial charge is 0.241 e. The Morgan fingerprint density at radius 1 is 1.64 bits per heavy atom. The quantitative estimate of drug-likeness (QED) is 0.470. The van der Waals surface area contributed by atoms with E-state index >= 15 is 0 Å². The Kier molecular flexibility index (Phi) is 1.70. The fourth-order valence-electron chi connectivity index (χ4n) is 1.20. The van der Waals surface area contributed by atoms with Crippen LogP contribution in [-0.4, -0.2) is 10.1 Å². The number of nitrogens with zero attached hydrogens (tertiary/aromatic N) is 1. The van der Waals surface area contributed by atoms with E-state index in [4.69, 9.17) is 28.5 Å². The highest BCUT2D eigenvalue weighted by Gasteiger charge is 2.74. The Morgan fingerprint density at radius 3 is 2.09 bits per heavy atom. The molecule has 1 fully saturated rings. The number of carbonyl (C=O) groups excluding carboxylic acids is 1. The van der Waals surface area contributed by atoms with E-state index in [1.807, 2.05) is 0 Å². The first-order valence-electron chi connectivity index (χ1n) is 3.21. The van der Waals surface area contributed by atoms with Crippen molar-refractivity contribution in [2.45, 2.75) is 18.2 Å². The van der Waals surface area contributed by atoms with E-state index in [1.165, 1.54) is 0 Å². The van der Waals surface area contributed by atoms with Crippen molar-refractivity contribution in [1.29, 1.82) is 5.26 Å². The Balaban J connectivity index is 2.93. The van der Waals surface area contributed by atoms with Gasteiger partial charge in [0, 0.05) is 5.92 Å². The van der Waals surface area contributed by atoms with Gasteiger partial charge in [0.15, 0.2) is 0 Å². The molecule has 1 rings (SSSR count). The molecule has 0 aromatic rings. The maximum Gasteiger partial charge on any atom is 0.241 e. The first kappa shape index (κ1) is 8.83. The first-order chi connectivity index (χ1) is 4.89. The van der Waals surface area contributed by atoms with Gasteiger partial charge in [0.2, 0.25) is 5.78 Å². The van der Waals surface area contributed by atoms with Crippen LogP contribution >= 0.6 is 23.2 Å². The Bertz CT molecular complexity index is 256. The molecule has 0 saturated heterocycles. The van der Waals surface area contributed by atoms with Gasteiger partial charge in [-0.25, -0.2) is 0 Å². The molecule has 0 aliphatic heterocycles. The molecule has 1 saturated carbocycles. The van der Waals surface area contributed by atoms with E-state index in [0.29, 0.717) is 0 Å². The molecule has 2 atom stereocenters. The second kappa shape index (κ2) is 2.12. The summed E-state index contributed by atoms with van der Waals surface area (Å²) in [6, 6.07) is 1.55. The summed E-state index contributed by atoms with van der Waals surface area (Å²) >= 11 is 11.5. The van der Waals surface area contributed by atoms with Crippen molar-refractivity contribution in [3.05, 3.63) is 0 Å². The highest BCUT2D eigenvalue weighted by molar-refractivity contribution is 6.54. The molecule has 0 heterocycles. The van der Waals surface area contributed by atoms with Crippen LogP contribution in [0.5, 0.6) is 0 Å². The molecule has 60 valence electrons. The molecule has 2 nitrogen and oxygen atoms in total. The molecule has 0 aromatic carbocycles. The highest BCUT2D eigenvalue weighted by atomic mass is 35.5. The summed E-state index contributed by atoms with van der Waals surface area (Å²) in [5, 5.41) is 8.34. The van der Waals surface area contributed by atoms with Crippen LogP contribution in [0.15, 0.2) is 0 Å². The Labute approximate surface area is 75.1 Å². The second-order valence-electron chi connectivity index (χ2n) is 2.99. The lowest BCUT2D eigenvalue weighted by atomic mass is 10.0. The summed E-state index contributed by atoms with van der Waals surface area (Å²) in [5.74, 6) is -0.666. The van der Waals surface area contributed by atoms with E-state index in [-0.39, 0.29) is 5.92 Å². The molecule has 1 aliphatic rings. The van der Waals surface area contributed by atoms with Crippen LogP contribution in [-0.2, 0) is 4.79 Å². The van der Waals surface area contributed by atoms with Crippen molar-refractivity contribution in [2.24, 2.45) is 11.3 Å². The minimum Gasteiger partial charge on any atom is -0.282 e. The van der Waals surface area contributed by atoms with Crippen molar-refractivity contribution in [3.8, 4) is 6.07 Å². The van der Waals surface area contributed by atoms with Gasteiger partial charge >= 0.3 is 0 Å². The molecule has 0 amide bonds. The van der Waals surface area contributed by atoms with Crippen molar-refractivity contribution >= 4 is 29.0 Å². The van der Waals surface area contributed by atoms with Crippen molar-refractivity contribution in [1.82, 2.24) is 0 Å². The van der Waals surface area contributed by atoms with Gasteiger partial charge in [-0.15, -0.1) is 23.2 Å². The molecule has 0 N–H and O–H groups in total. The molecule has 0 aromatic heterocycles. The van der Waals surface area contributed by atoms with Crippen LogP contribution in [0.1, 0.15) is 13.8 Å². The lowest BCUT2D eigenvalue weighted by molar-refractivity contribution is -0.118. The summed E-state index contributed by atoms with van der Waals surface area (Å²) in [6.07, 6.45) is 0. The van der Waals surface area contributed by atoms with Gasteiger partial charge in [0.1, 0.15) is 10.4 Å². The van der Waals surface area contributed by atoms with Gasteiger partial charge in [0.25, 0.3) is 0 Å². The predicted molar refractivity (Wildman–Crippen MR) is 42.3 cm³/mol. The Morgan fingerprint density at radius 2 is 2.00 bits per heavy atom. The summed E-state index contributed by atoms with van der Waals surface area (Å²) < 4.78 is -1.04. The SMILES string of the molecule is CC1C(Cl)(Cl)C1(C)C(=O)C#N. The third kappa shape index (κ3) is 0.816. The number of hydrogen-bond acceptors (Lipinski definition) is 2. The average molecular weight is 192 g/mol. The summed E-state index contributed by atoms with van der Waals surface area (Å²) in [4.78, 5) is 11.0. The van der Waals surface area contributed by atoms with Crippen LogP contribution in [0.2, 0.25) is 0 Å². The molecule has 4 heteroatoms. The van der Waals surface area contributed by atoms with Gasteiger partial charge in [-0.3, -0.25) is 4.79 Å². The zero-order chi connectivity index (χ0) is 8.86. The van der Waals surface area contributed by atoms with E-state index in [0.717, 1.165) is 0 Å². The van der Waals surface area contributed by atoms with Gasteiger partial charge in [-0.05, 0) is 6.92 Å². The number of alkyl halides is 2. The third-order valence-electron chi connectivity index (χ3n) is 2.59. The van der Waals surface area contributed by atoms with Crippen LogP contribution in [0.4, 0.5) is 0 Å². The largest absolute Gasteiger partial charge is 0.282 e. The summed E-state index contributed by atoms with van der Waals surface area (Å²) in [6.45, 7) is 3.37. The molecule has 11 heavy (non-hydrogen) atoms. The molecular formula is C7H7Cl2NO. The van der Waals surface area contributed by atoms with Crippen LogP contribution in [0, 0.1) is 22.7 Å². The van der Waals surface area contributed by atoms with Crippen molar-refractivity contribution < 1.29 is 4.79 Å². The molecular weight excluding hydrogens is 185 g/mol. The minimum absolute atomic E-state index is 0.134. The predicted octanol–water partition coefficient (Wildman–Crippen LogP) is 1.91. The van der Waals surface area contributed by atoms with Crippen molar-refractivity contribution in [2.75, 3.05) is 0 Å². The highest BCUT2D eigenvalue weighted by Crippen LogP contribution is 2.68. The maximum absolute atomic E-state index is 11.0. The number of rotatable bonds is 1. The summed E-state index contributed by atoms with van der Waals surface area (Å²) in [5.41, 5.74) is -0.856. The monoisotopic (exact) mass is 191 g/mol. The van der Waals surface area contributed by atoms with Crippen LogP contribution in [0.3, 0.4) is 0 Å². The average Bonchev–Trinajstić information content (AvgIpc) is 2.34. The molecule has 0 bridgehead atoms. The number of hydrogen-bond donors (Lipinski definition) is 0. The maximum atomic E-state index is 11.0. The van der Waals surface area contributed by atoms with Crippen molar-refractivity contribution in [3.63, 3.8) is 0 Å². The first-order valence-corrected chi connectivity index (χ1v) is 3.97. The molecule has 2 unspecified atom stereocenters. The number of Topliss-reactive ketones (excluding diaryl/α,β-unsaturated/α-hetero) is 1. The number of halogens is 2. The zero-order valence-corrected chi connectivity index (χ0v) is 7.70. The topological polar surface area (TPSA) is 40.9 Å². The molecule has 0 spiro atoms. The fraction of sp³-hybridized carbons (Fsp3) is 0.714. The molecule has 0 radical (unpaired) electrons. The van der Waals surface area contributed by atoms with E-state index < -0.39 is 15.5 Å². The van der Waals surface area contributed by atoms with Gasteiger partial charge in [-0.2, -0.15) is 5.26 Å². The van der Waals surface area contributed by atoms with E-state index in [2.05, 4.69) is 0 Å². The zero-order valence-electron chi connectivity index (χ0n) is 6.19. The van der Waals surface area contributed by atoms with Gasteiger partial charge < -0.3 is 0 Å². The van der Waals surface area contributed by atoms with Crippen LogP contribution in [0.25, 0.3) is 0 Å². The van der Waals surface area contributed by atoms with Gasteiger partial charge in [-0.1, -0.05) is 6.92 Å². The third-order valence-corrected chi connectivity index (χ3v) is 4.03. The normalized spacial score (nSPS) is 39.4.